The number of rotatable bonds is 17. The predicted octanol–water partition coefficient (Wildman–Crippen LogP) is 9.84. The number of benzene rings is 4. The summed E-state index contributed by atoms with van der Waals surface area (Å²) in [5, 5.41) is 26.7. The Morgan fingerprint density at radius 2 is 0.719 bits per heavy atom. The first kappa shape index (κ1) is 92.9. The molecule has 0 radical (unpaired) electrons. The zero-order valence-corrected chi connectivity index (χ0v) is 76.4. The summed E-state index contributed by atoms with van der Waals surface area (Å²) in [5.74, 6) is 2.31. The van der Waals surface area contributed by atoms with E-state index in [0.717, 1.165) is 163 Å². The summed E-state index contributed by atoms with van der Waals surface area (Å²) in [7, 11) is 10.7. The van der Waals surface area contributed by atoms with E-state index in [1.54, 1.807) is 97.4 Å². The Morgan fingerprint density at radius 3 is 1.12 bits per heavy atom. The highest BCUT2D eigenvalue weighted by atomic mass is 19.1. The van der Waals surface area contributed by atoms with Gasteiger partial charge in [-0.25, -0.2) is 33.7 Å². The van der Waals surface area contributed by atoms with Gasteiger partial charge in [-0.1, -0.05) is 6.07 Å². The summed E-state index contributed by atoms with van der Waals surface area (Å²) in [6, 6.07) is 53.3. The molecule has 0 aliphatic carbocycles. The Hall–Kier alpha value is -15.4. The number of piperazine rings is 5. The number of nitrogens with zero attached hydrogens (tertiary/aromatic N) is 16. The first-order valence-corrected chi connectivity index (χ1v) is 44.4. The summed E-state index contributed by atoms with van der Waals surface area (Å²) in [4.78, 5) is 97.3. The lowest BCUT2D eigenvalue weighted by molar-refractivity contribution is 0.355. The molecule has 2 atom stereocenters. The number of pyridine rings is 7. The molecule has 0 bridgehead atoms. The average Bonchev–Trinajstić information content (AvgIpc) is 0.764. The van der Waals surface area contributed by atoms with Crippen LogP contribution < -0.4 is 112 Å². The van der Waals surface area contributed by atoms with Crippen LogP contribution in [0.1, 0.15) is 19.4 Å². The van der Waals surface area contributed by atoms with Crippen LogP contribution in [0.5, 0.6) is 40.4 Å². The fraction of sp³-hybridized carbons (Fsp3) is 0.290. The molecule has 5 fully saturated rings. The molecule has 16 heterocycles. The van der Waals surface area contributed by atoms with Gasteiger partial charge in [0.15, 0.2) is 34.6 Å². The molecule has 11 aromatic heterocycles. The van der Waals surface area contributed by atoms with Gasteiger partial charge in [0.25, 0.3) is 27.8 Å². The highest BCUT2D eigenvalue weighted by Gasteiger charge is 2.24. The smallest absolute Gasteiger partial charge is 0.258 e. The minimum Gasteiger partial charge on any atom is -0.497 e. The maximum atomic E-state index is 14.0. The van der Waals surface area contributed by atoms with E-state index in [2.05, 4.69) is 95.9 Å². The van der Waals surface area contributed by atoms with Gasteiger partial charge >= 0.3 is 0 Å². The van der Waals surface area contributed by atoms with Gasteiger partial charge in [-0.2, -0.15) is 5.26 Å². The molecule has 20 rings (SSSR count). The Morgan fingerprint density at radius 1 is 0.341 bits per heavy atom. The molecule has 15 aromatic rings. The maximum Gasteiger partial charge on any atom is 0.258 e. The molecule has 696 valence electrons. The predicted molar refractivity (Wildman–Crippen MR) is 520 cm³/mol. The average molecular weight is 1830 g/mol. The zero-order valence-electron chi connectivity index (χ0n) is 76.4. The van der Waals surface area contributed by atoms with Crippen LogP contribution in [0, 0.1) is 23.0 Å². The quantitative estimate of drug-likeness (QED) is 0.0566. The van der Waals surface area contributed by atoms with Crippen molar-refractivity contribution in [2.75, 3.05) is 192 Å². The number of anilines is 5. The molecule has 0 spiro atoms. The second-order valence-electron chi connectivity index (χ2n) is 32.6. The SMILES string of the molecule is COc1ccc(-c2cc(=O)n3cc(N4CCNCC4)ccc3c2C#N)cc1OC.COc1ccc(-c2cc(=O)n3cc(N4CCNCC4)ccc3n2)c(OC)c1.COc1ccc(-c2cc(=O)n3cc(N4CCNCC4)ccc3n2)cn1.COc1ccc(-c2cc(=O)n3cc(N4CCN[C@@H](C)C4)ccc3n2)cc1F.COc1ccc(-c2cc(=O)n3cc(N4CCN[C@H](C)C4)ccc3n2)cc1F. The number of fused-ring (bicyclic) bond motifs is 5. The lowest BCUT2D eigenvalue weighted by Crippen LogP contribution is -2.49. The highest BCUT2D eigenvalue weighted by Crippen LogP contribution is 2.37. The number of hydrogen-bond acceptors (Lipinski definition) is 28. The van der Waals surface area contributed by atoms with Crippen LogP contribution in [0.25, 0.3) is 84.3 Å². The number of nitriles is 1. The highest BCUT2D eigenvalue weighted by molar-refractivity contribution is 5.81. The van der Waals surface area contributed by atoms with Crippen LogP contribution in [0.3, 0.4) is 0 Å². The molecule has 5 aliphatic rings. The zero-order chi connectivity index (χ0) is 94.3. The Balaban J connectivity index is 0.000000123. The minimum atomic E-state index is -0.486. The third-order valence-electron chi connectivity index (χ3n) is 24.1. The molecule has 5 N–H and O–H groups in total. The van der Waals surface area contributed by atoms with E-state index in [-0.39, 0.29) is 39.3 Å². The number of halogens is 2. The van der Waals surface area contributed by atoms with E-state index in [9.17, 15) is 38.0 Å². The van der Waals surface area contributed by atoms with Crippen LogP contribution in [0.15, 0.2) is 237 Å². The van der Waals surface area contributed by atoms with Gasteiger partial charge in [0.1, 0.15) is 40.2 Å². The van der Waals surface area contributed by atoms with Crippen molar-refractivity contribution in [2.24, 2.45) is 0 Å². The van der Waals surface area contributed by atoms with E-state index >= 15 is 0 Å². The number of nitrogens with one attached hydrogen (secondary N) is 5. The van der Waals surface area contributed by atoms with Gasteiger partial charge in [-0.3, -0.25) is 46.0 Å². The van der Waals surface area contributed by atoms with Gasteiger partial charge in [0.05, 0.1) is 112 Å². The standard InChI is InChI=1S/C22H22N4O3.2C20H21FN4O2.C20H22N4O3.C18H19N5O2/c1-28-20-6-3-15(11-21(20)29-2)17-12-22(27)26-14-16(25-9-7-24-8-10-25)4-5-19(26)18(17)13-23;2*1-13-11-24(8-7-22-13)15-4-6-19-23-17(10-20(26)25(19)12-15)14-3-5-18(27-2)16(21)9-14;1-26-15-4-5-16(18(11-15)27-2)17-12-20(25)24-13-14(3-6-19(24)22-17)23-9-7-21-8-10-23;1-25-17-5-2-13(11-20-17)15-10-18(24)23-12-14(3-4-16(23)21-15)22-8-6-19-7-9-22/h3-6,11-12,14,24H,7-10H2,1-2H3;2*3-6,9-10,12-13,22H,7-8,11H2,1-2H3;3-6,11-13,21H,7-10H2,1-2H3;2-5,10-12,19H,6-9H2,1H3/t;2*13-;;/m.10../s1. The Labute approximate surface area is 776 Å². The number of ether oxygens (including phenoxy) is 7. The molecule has 5 saturated heterocycles. The Bertz CT molecular complexity index is 7030. The molecule has 0 amide bonds. The van der Waals surface area contributed by atoms with Crippen molar-refractivity contribution in [1.82, 2.24) is 73.5 Å². The van der Waals surface area contributed by atoms with Crippen LogP contribution in [-0.2, 0) is 0 Å². The van der Waals surface area contributed by atoms with E-state index in [1.807, 2.05) is 116 Å². The fourth-order valence-corrected chi connectivity index (χ4v) is 16.9. The summed E-state index contributed by atoms with van der Waals surface area (Å²) in [6.07, 6.45) is 10.9. The molecule has 135 heavy (non-hydrogen) atoms. The van der Waals surface area contributed by atoms with Crippen LogP contribution >= 0.6 is 0 Å². The van der Waals surface area contributed by atoms with Gasteiger partial charge in [-0.05, 0) is 147 Å². The largest absolute Gasteiger partial charge is 0.497 e. The molecular weight excluding hydrogens is 1730 g/mol. The lowest BCUT2D eigenvalue weighted by atomic mass is 9.99. The first-order chi connectivity index (χ1) is 65.7. The van der Waals surface area contributed by atoms with Crippen molar-refractivity contribution in [3.8, 4) is 103 Å². The second-order valence-corrected chi connectivity index (χ2v) is 32.6. The number of hydrogen-bond donors (Lipinski definition) is 5. The number of aromatic nitrogens is 10. The topological polar surface area (TPSA) is 337 Å². The van der Waals surface area contributed by atoms with Crippen molar-refractivity contribution in [1.29, 1.82) is 5.26 Å². The number of methoxy groups -OCH3 is 7. The summed E-state index contributed by atoms with van der Waals surface area (Å²) in [6.45, 7) is 20.8. The lowest BCUT2D eigenvalue weighted by Gasteiger charge is -2.33. The first-order valence-electron chi connectivity index (χ1n) is 44.4. The maximum absolute atomic E-state index is 14.0. The van der Waals surface area contributed by atoms with Crippen LogP contribution in [0.4, 0.5) is 37.2 Å². The monoisotopic (exact) mass is 1830 g/mol. The third kappa shape index (κ3) is 21.2. The van der Waals surface area contributed by atoms with Gasteiger partial charge in [-0.15, -0.1) is 0 Å². The normalized spacial score (nSPS) is 15.5. The van der Waals surface area contributed by atoms with Crippen molar-refractivity contribution in [2.45, 2.75) is 25.9 Å². The second kappa shape index (κ2) is 42.5. The van der Waals surface area contributed by atoms with Crippen molar-refractivity contribution in [3.05, 3.63) is 282 Å². The fourth-order valence-electron chi connectivity index (χ4n) is 16.9. The molecule has 0 unspecified atom stereocenters. The van der Waals surface area contributed by atoms with Gasteiger partial charge in [0, 0.05) is 237 Å². The van der Waals surface area contributed by atoms with Gasteiger partial charge in [0.2, 0.25) is 5.88 Å². The van der Waals surface area contributed by atoms with Crippen LogP contribution in [0.2, 0.25) is 0 Å². The summed E-state index contributed by atoms with van der Waals surface area (Å²) < 4.78 is 72.1. The van der Waals surface area contributed by atoms with E-state index in [4.69, 9.17) is 33.2 Å². The molecule has 35 heteroatoms. The Kier molecular flexibility index (Phi) is 29.2. The van der Waals surface area contributed by atoms with E-state index in [1.165, 1.54) is 71.6 Å². The molecule has 33 nitrogen and oxygen atoms in total. The molecule has 5 aliphatic heterocycles. The van der Waals surface area contributed by atoms with Crippen LogP contribution in [-0.4, -0.2) is 227 Å². The summed E-state index contributed by atoms with van der Waals surface area (Å²) >= 11 is 0. The minimum absolute atomic E-state index is 0.104. The van der Waals surface area contributed by atoms with E-state index in [0.29, 0.717) is 114 Å². The van der Waals surface area contributed by atoms with E-state index < -0.39 is 11.6 Å². The third-order valence-corrected chi connectivity index (χ3v) is 24.1. The van der Waals surface area contributed by atoms with Gasteiger partial charge < -0.3 is 84.2 Å². The van der Waals surface area contributed by atoms with Crippen molar-refractivity contribution in [3.63, 3.8) is 0 Å². The van der Waals surface area contributed by atoms with Crippen molar-refractivity contribution >= 4 is 56.5 Å². The summed E-state index contributed by atoms with van der Waals surface area (Å²) in [5.41, 5.74) is 13.5. The molecule has 0 saturated carbocycles. The molecular formula is C100H105F2N21O12. The molecule has 4 aromatic carbocycles. The van der Waals surface area contributed by atoms with Crippen molar-refractivity contribution < 1.29 is 41.9 Å².